The van der Waals surface area contributed by atoms with Crippen molar-refractivity contribution in [3.63, 3.8) is 0 Å². The number of likely N-dealkylation sites (tertiary alicyclic amines) is 1. The third-order valence-electron chi connectivity index (χ3n) is 5.59. The molecule has 1 aromatic carbocycles. The molecule has 2 saturated heterocycles. The van der Waals surface area contributed by atoms with Crippen molar-refractivity contribution in [1.29, 1.82) is 0 Å². The van der Waals surface area contributed by atoms with Gasteiger partial charge in [0.25, 0.3) is 0 Å². The molecule has 2 fully saturated rings. The number of piperazine rings is 1. The summed E-state index contributed by atoms with van der Waals surface area (Å²) in [5.41, 5.74) is 2.09. The molecule has 0 radical (unpaired) electrons. The van der Waals surface area contributed by atoms with Crippen LogP contribution in [0.15, 0.2) is 24.3 Å². The van der Waals surface area contributed by atoms with Crippen LogP contribution in [0.3, 0.4) is 0 Å². The van der Waals surface area contributed by atoms with Crippen LogP contribution in [0.2, 0.25) is 0 Å². The van der Waals surface area contributed by atoms with Crippen molar-refractivity contribution in [2.45, 2.75) is 25.8 Å². The summed E-state index contributed by atoms with van der Waals surface area (Å²) >= 11 is 0. The molecular formula is C20H30N4O2. The van der Waals surface area contributed by atoms with E-state index in [9.17, 15) is 9.59 Å². The van der Waals surface area contributed by atoms with E-state index in [1.165, 1.54) is 5.56 Å². The number of benzene rings is 1. The minimum Gasteiger partial charge on any atom is -0.332 e. The fourth-order valence-electron chi connectivity index (χ4n) is 3.77. The molecule has 2 amide bonds. The lowest BCUT2D eigenvalue weighted by Crippen LogP contribution is -2.52. The maximum Gasteiger partial charge on any atom is 0.246 e. The Kier molecular flexibility index (Phi) is 5.94. The van der Waals surface area contributed by atoms with Crippen LogP contribution in [0.25, 0.3) is 0 Å². The Morgan fingerprint density at radius 1 is 1.19 bits per heavy atom. The van der Waals surface area contributed by atoms with Crippen molar-refractivity contribution in [2.75, 3.05) is 58.3 Å². The second-order valence-corrected chi connectivity index (χ2v) is 7.63. The Balaban J connectivity index is 1.48. The van der Waals surface area contributed by atoms with Crippen LogP contribution >= 0.6 is 0 Å². The Bertz CT molecular complexity index is 646. The van der Waals surface area contributed by atoms with E-state index in [1.54, 1.807) is 9.80 Å². The molecule has 1 unspecified atom stereocenters. The van der Waals surface area contributed by atoms with E-state index in [0.29, 0.717) is 25.6 Å². The highest BCUT2D eigenvalue weighted by atomic mass is 16.2. The molecule has 0 spiro atoms. The average Bonchev–Trinajstić information content (AvgIpc) is 3.07. The second-order valence-electron chi connectivity index (χ2n) is 7.63. The van der Waals surface area contributed by atoms with Gasteiger partial charge < -0.3 is 19.6 Å². The number of aryl methyl sites for hydroxylation is 1. The zero-order chi connectivity index (χ0) is 18.7. The number of amides is 2. The summed E-state index contributed by atoms with van der Waals surface area (Å²) in [6.07, 6.45) is 1.64. The number of likely N-dealkylation sites (N-methyl/N-ethyl adjacent to an activating group) is 2. The predicted octanol–water partition coefficient (Wildman–Crippen LogP) is 1.20. The predicted molar refractivity (Wildman–Crippen MR) is 103 cm³/mol. The molecule has 6 heteroatoms. The molecule has 1 atom stereocenters. The first-order valence-corrected chi connectivity index (χ1v) is 9.47. The van der Waals surface area contributed by atoms with Gasteiger partial charge in [-0.2, -0.15) is 0 Å². The van der Waals surface area contributed by atoms with Gasteiger partial charge >= 0.3 is 0 Å². The van der Waals surface area contributed by atoms with Gasteiger partial charge in [-0.1, -0.05) is 17.7 Å². The molecule has 1 aromatic rings. The van der Waals surface area contributed by atoms with Crippen LogP contribution < -0.4 is 4.90 Å². The Hall–Kier alpha value is -1.92. The van der Waals surface area contributed by atoms with Gasteiger partial charge in [0.1, 0.15) is 6.54 Å². The van der Waals surface area contributed by atoms with Crippen LogP contribution in [0.5, 0.6) is 0 Å². The first-order chi connectivity index (χ1) is 12.4. The smallest absolute Gasteiger partial charge is 0.246 e. The van der Waals surface area contributed by atoms with Gasteiger partial charge in [-0.15, -0.1) is 0 Å². The molecule has 0 aromatic heterocycles. The third-order valence-corrected chi connectivity index (χ3v) is 5.59. The fraction of sp³-hybridized carbons (Fsp3) is 0.600. The highest BCUT2D eigenvalue weighted by Gasteiger charge is 2.29. The lowest BCUT2D eigenvalue weighted by molar-refractivity contribution is -0.137. The summed E-state index contributed by atoms with van der Waals surface area (Å²) in [7, 11) is 4.23. The molecule has 3 rings (SSSR count). The second kappa shape index (κ2) is 8.18. The SMILES string of the molecule is Cc1ccc(N2CCN(C(=O)CCN(C)C3CCN(C)C3)CC2=O)cc1. The van der Waals surface area contributed by atoms with E-state index in [1.807, 2.05) is 31.2 Å². The van der Waals surface area contributed by atoms with E-state index in [0.717, 1.165) is 31.7 Å². The van der Waals surface area contributed by atoms with E-state index in [-0.39, 0.29) is 18.4 Å². The van der Waals surface area contributed by atoms with Gasteiger partial charge in [0.05, 0.1) is 0 Å². The van der Waals surface area contributed by atoms with Crippen molar-refractivity contribution in [3.05, 3.63) is 29.8 Å². The number of nitrogens with zero attached hydrogens (tertiary/aromatic N) is 4. The molecule has 142 valence electrons. The average molecular weight is 358 g/mol. The number of carbonyl (C=O) groups is 2. The van der Waals surface area contributed by atoms with Crippen LogP contribution in [-0.2, 0) is 9.59 Å². The van der Waals surface area contributed by atoms with Gasteiger partial charge in [-0.25, -0.2) is 0 Å². The van der Waals surface area contributed by atoms with Gasteiger partial charge in [-0.3, -0.25) is 9.59 Å². The van der Waals surface area contributed by atoms with Crippen molar-refractivity contribution < 1.29 is 9.59 Å². The fourth-order valence-corrected chi connectivity index (χ4v) is 3.77. The minimum absolute atomic E-state index is 0.000717. The first kappa shape index (κ1) is 18.9. The normalized spacial score (nSPS) is 21.7. The molecule has 2 aliphatic heterocycles. The highest BCUT2D eigenvalue weighted by molar-refractivity contribution is 5.97. The van der Waals surface area contributed by atoms with Crippen molar-refractivity contribution in [2.24, 2.45) is 0 Å². The first-order valence-electron chi connectivity index (χ1n) is 9.47. The summed E-state index contributed by atoms with van der Waals surface area (Å²) in [5.74, 6) is 0.0827. The lowest BCUT2D eigenvalue weighted by atomic mass is 10.2. The van der Waals surface area contributed by atoms with Gasteiger partial charge in [0, 0.05) is 44.3 Å². The third kappa shape index (κ3) is 4.43. The highest BCUT2D eigenvalue weighted by Crippen LogP contribution is 2.18. The van der Waals surface area contributed by atoms with Crippen LogP contribution in [0, 0.1) is 6.92 Å². The number of anilines is 1. The summed E-state index contributed by atoms with van der Waals surface area (Å²) in [4.78, 5) is 33.1. The standard InChI is InChI=1S/C20H30N4O2/c1-16-4-6-17(7-5-16)24-13-12-23(15-20(24)26)19(25)9-11-22(3)18-8-10-21(2)14-18/h4-7,18H,8-15H2,1-3H3. The van der Waals surface area contributed by atoms with E-state index in [4.69, 9.17) is 0 Å². The quantitative estimate of drug-likeness (QED) is 0.793. The van der Waals surface area contributed by atoms with Crippen molar-refractivity contribution >= 4 is 17.5 Å². The summed E-state index contributed by atoms with van der Waals surface area (Å²) in [5, 5.41) is 0. The lowest BCUT2D eigenvalue weighted by Gasteiger charge is -2.35. The maximum absolute atomic E-state index is 12.5. The molecule has 6 nitrogen and oxygen atoms in total. The molecule has 0 aliphatic carbocycles. The zero-order valence-corrected chi connectivity index (χ0v) is 16.1. The molecule has 0 N–H and O–H groups in total. The molecule has 2 aliphatic rings. The Morgan fingerprint density at radius 3 is 2.54 bits per heavy atom. The summed E-state index contributed by atoms with van der Waals surface area (Å²) in [6.45, 7) is 6.33. The Labute approximate surface area is 156 Å². The van der Waals surface area contributed by atoms with Gasteiger partial charge in [0.2, 0.25) is 11.8 Å². The van der Waals surface area contributed by atoms with Crippen molar-refractivity contribution in [3.8, 4) is 0 Å². The zero-order valence-electron chi connectivity index (χ0n) is 16.1. The number of hydrogen-bond acceptors (Lipinski definition) is 4. The van der Waals surface area contributed by atoms with E-state index >= 15 is 0 Å². The number of hydrogen-bond donors (Lipinski definition) is 0. The van der Waals surface area contributed by atoms with Crippen LogP contribution in [0.1, 0.15) is 18.4 Å². The van der Waals surface area contributed by atoms with Gasteiger partial charge in [0.15, 0.2) is 0 Å². The van der Waals surface area contributed by atoms with Crippen LogP contribution in [-0.4, -0.2) is 85.9 Å². The van der Waals surface area contributed by atoms with Gasteiger partial charge in [-0.05, 0) is 46.1 Å². The van der Waals surface area contributed by atoms with E-state index in [2.05, 4.69) is 23.9 Å². The molecule has 0 saturated carbocycles. The summed E-state index contributed by atoms with van der Waals surface area (Å²) in [6, 6.07) is 8.50. The number of rotatable bonds is 5. The van der Waals surface area contributed by atoms with Crippen LogP contribution in [0.4, 0.5) is 5.69 Å². The molecular weight excluding hydrogens is 328 g/mol. The number of carbonyl (C=O) groups excluding carboxylic acids is 2. The monoisotopic (exact) mass is 358 g/mol. The Morgan fingerprint density at radius 2 is 1.92 bits per heavy atom. The maximum atomic E-state index is 12.5. The molecule has 2 heterocycles. The minimum atomic E-state index is -0.000717. The van der Waals surface area contributed by atoms with Crippen molar-refractivity contribution in [1.82, 2.24) is 14.7 Å². The molecule has 0 bridgehead atoms. The topological polar surface area (TPSA) is 47.1 Å². The largest absolute Gasteiger partial charge is 0.332 e. The molecule has 26 heavy (non-hydrogen) atoms. The van der Waals surface area contributed by atoms with E-state index < -0.39 is 0 Å². The summed E-state index contributed by atoms with van der Waals surface area (Å²) < 4.78 is 0.